The number of pyridine rings is 1. The molecule has 0 aliphatic carbocycles. The molecular weight excluding hydrogens is 142 g/mol. The number of aryl methyl sites for hydroxylation is 2. The number of aromatic nitrogens is 1. The van der Waals surface area contributed by atoms with Crippen molar-refractivity contribution < 1.29 is 0 Å². The summed E-state index contributed by atoms with van der Waals surface area (Å²) in [5, 5.41) is 0. The largest absolute Gasteiger partial charge is 0.354 e. The van der Waals surface area contributed by atoms with Gasteiger partial charge in [0, 0.05) is 23.4 Å². The Kier molecular flexibility index (Phi) is 2.22. The minimum Gasteiger partial charge on any atom is -0.354 e. The van der Waals surface area contributed by atoms with Crippen molar-refractivity contribution in [1.29, 1.82) is 0 Å². The van der Waals surface area contributed by atoms with E-state index in [0.29, 0.717) is 0 Å². The maximum atomic E-state index is 5.05. The molecule has 0 spiro atoms. The summed E-state index contributed by atoms with van der Waals surface area (Å²) in [4.78, 5) is 0. The molecule has 0 saturated heterocycles. The van der Waals surface area contributed by atoms with Crippen LogP contribution in [0.2, 0.25) is 0 Å². The molecule has 0 atom stereocenters. The highest BCUT2D eigenvalue weighted by atomic mass is 32.1. The smallest absolute Gasteiger partial charge is 0.0435 e. The molecule has 0 saturated carbocycles. The Hall–Kier alpha value is -0.630. The SMILES string of the molecule is CCn1ccc(=S)c(C)c1. The molecule has 54 valence electrons. The van der Waals surface area contributed by atoms with Crippen LogP contribution in [0.4, 0.5) is 0 Å². The fourth-order valence-corrected chi connectivity index (χ4v) is 0.961. The van der Waals surface area contributed by atoms with Gasteiger partial charge in [0.1, 0.15) is 0 Å². The zero-order valence-corrected chi connectivity index (χ0v) is 7.11. The molecule has 1 aromatic heterocycles. The summed E-state index contributed by atoms with van der Waals surface area (Å²) < 4.78 is 3.07. The van der Waals surface area contributed by atoms with Crippen LogP contribution < -0.4 is 0 Å². The van der Waals surface area contributed by atoms with Crippen molar-refractivity contribution >= 4 is 12.2 Å². The molecule has 0 aromatic carbocycles. The first-order valence-corrected chi connectivity index (χ1v) is 3.81. The second kappa shape index (κ2) is 2.97. The summed E-state index contributed by atoms with van der Waals surface area (Å²) in [5.41, 5.74) is 1.18. The van der Waals surface area contributed by atoms with E-state index in [-0.39, 0.29) is 0 Å². The van der Waals surface area contributed by atoms with Gasteiger partial charge in [-0.05, 0) is 25.5 Å². The average Bonchev–Trinajstić information content (AvgIpc) is 1.95. The number of hydrogen-bond donors (Lipinski definition) is 0. The highest BCUT2D eigenvalue weighted by Crippen LogP contribution is 1.99. The Labute approximate surface area is 66.3 Å². The second-order valence-electron chi connectivity index (χ2n) is 2.32. The van der Waals surface area contributed by atoms with Gasteiger partial charge in [-0.2, -0.15) is 0 Å². The van der Waals surface area contributed by atoms with Crippen LogP contribution in [0.1, 0.15) is 12.5 Å². The zero-order chi connectivity index (χ0) is 7.56. The average molecular weight is 153 g/mol. The third-order valence-electron chi connectivity index (χ3n) is 1.53. The van der Waals surface area contributed by atoms with Gasteiger partial charge in [-0.3, -0.25) is 0 Å². The molecule has 1 aromatic rings. The van der Waals surface area contributed by atoms with Crippen LogP contribution >= 0.6 is 12.2 Å². The van der Waals surface area contributed by atoms with Crippen molar-refractivity contribution in [1.82, 2.24) is 4.57 Å². The Bertz CT molecular complexity index is 275. The quantitative estimate of drug-likeness (QED) is 0.561. The Morgan fingerprint density at radius 1 is 1.60 bits per heavy atom. The summed E-state index contributed by atoms with van der Waals surface area (Å²) >= 11 is 5.05. The van der Waals surface area contributed by atoms with Gasteiger partial charge in [-0.1, -0.05) is 12.2 Å². The van der Waals surface area contributed by atoms with E-state index in [9.17, 15) is 0 Å². The molecule has 1 nitrogen and oxygen atoms in total. The minimum atomic E-state index is 0.949. The van der Waals surface area contributed by atoms with Crippen LogP contribution in [0.25, 0.3) is 0 Å². The topological polar surface area (TPSA) is 4.93 Å². The van der Waals surface area contributed by atoms with E-state index in [2.05, 4.69) is 17.7 Å². The highest BCUT2D eigenvalue weighted by molar-refractivity contribution is 7.71. The third kappa shape index (κ3) is 1.45. The molecule has 1 rings (SSSR count). The van der Waals surface area contributed by atoms with Gasteiger partial charge >= 0.3 is 0 Å². The number of nitrogens with zero attached hydrogens (tertiary/aromatic N) is 1. The number of hydrogen-bond acceptors (Lipinski definition) is 1. The summed E-state index contributed by atoms with van der Waals surface area (Å²) in [6.45, 7) is 5.16. The summed E-state index contributed by atoms with van der Waals surface area (Å²) in [5.74, 6) is 0. The van der Waals surface area contributed by atoms with E-state index in [1.807, 2.05) is 19.2 Å². The first-order valence-electron chi connectivity index (χ1n) is 3.40. The predicted octanol–water partition coefficient (Wildman–Crippen LogP) is 2.55. The van der Waals surface area contributed by atoms with E-state index in [1.165, 1.54) is 5.56 Å². The minimum absolute atomic E-state index is 0.949. The molecule has 0 fully saturated rings. The zero-order valence-electron chi connectivity index (χ0n) is 6.29. The van der Waals surface area contributed by atoms with E-state index in [0.717, 1.165) is 11.1 Å². The molecule has 0 N–H and O–H groups in total. The van der Waals surface area contributed by atoms with Crippen LogP contribution in [0.3, 0.4) is 0 Å². The van der Waals surface area contributed by atoms with Crippen LogP contribution in [0.15, 0.2) is 18.5 Å². The lowest BCUT2D eigenvalue weighted by Crippen LogP contribution is -1.94. The van der Waals surface area contributed by atoms with Gasteiger partial charge in [-0.15, -0.1) is 0 Å². The Balaban J connectivity index is 3.17. The van der Waals surface area contributed by atoms with Gasteiger partial charge in [0.15, 0.2) is 0 Å². The van der Waals surface area contributed by atoms with Crippen molar-refractivity contribution in [3.63, 3.8) is 0 Å². The van der Waals surface area contributed by atoms with Gasteiger partial charge in [0.05, 0.1) is 0 Å². The second-order valence-corrected chi connectivity index (χ2v) is 2.76. The lowest BCUT2D eigenvalue weighted by molar-refractivity contribution is 0.750. The maximum absolute atomic E-state index is 5.05. The van der Waals surface area contributed by atoms with Crippen molar-refractivity contribution in [3.8, 4) is 0 Å². The summed E-state index contributed by atoms with van der Waals surface area (Å²) in [7, 11) is 0. The Morgan fingerprint density at radius 3 is 2.80 bits per heavy atom. The lowest BCUT2D eigenvalue weighted by atomic mass is 10.3. The Morgan fingerprint density at radius 2 is 2.30 bits per heavy atom. The van der Waals surface area contributed by atoms with Crippen molar-refractivity contribution in [2.45, 2.75) is 20.4 Å². The predicted molar refractivity (Wildman–Crippen MR) is 45.7 cm³/mol. The summed E-state index contributed by atoms with van der Waals surface area (Å²) in [6, 6.07) is 1.97. The first kappa shape index (κ1) is 7.48. The fourth-order valence-electron chi connectivity index (χ4n) is 0.847. The standard InChI is InChI=1S/C8H11NS/c1-3-9-5-4-8(10)7(2)6-9/h4-6H,3H2,1-2H3. The molecule has 0 radical (unpaired) electrons. The maximum Gasteiger partial charge on any atom is 0.0435 e. The van der Waals surface area contributed by atoms with Crippen molar-refractivity contribution in [2.24, 2.45) is 0 Å². The fraction of sp³-hybridized carbons (Fsp3) is 0.375. The van der Waals surface area contributed by atoms with E-state index >= 15 is 0 Å². The van der Waals surface area contributed by atoms with Crippen LogP contribution in [0, 0.1) is 11.4 Å². The highest BCUT2D eigenvalue weighted by Gasteiger charge is 1.87. The van der Waals surface area contributed by atoms with Gasteiger partial charge < -0.3 is 4.57 Å². The monoisotopic (exact) mass is 153 g/mol. The molecule has 2 heteroatoms. The summed E-state index contributed by atoms with van der Waals surface area (Å²) in [6.07, 6.45) is 4.08. The van der Waals surface area contributed by atoms with Crippen molar-refractivity contribution in [2.75, 3.05) is 0 Å². The van der Waals surface area contributed by atoms with Gasteiger partial charge in [0.25, 0.3) is 0 Å². The van der Waals surface area contributed by atoms with Crippen LogP contribution in [0.5, 0.6) is 0 Å². The van der Waals surface area contributed by atoms with Crippen molar-refractivity contribution in [3.05, 3.63) is 28.5 Å². The third-order valence-corrected chi connectivity index (χ3v) is 1.99. The lowest BCUT2D eigenvalue weighted by Gasteiger charge is -2.01. The molecule has 0 unspecified atom stereocenters. The van der Waals surface area contributed by atoms with Gasteiger partial charge in [0.2, 0.25) is 0 Å². The van der Waals surface area contributed by atoms with E-state index < -0.39 is 0 Å². The van der Waals surface area contributed by atoms with E-state index in [1.54, 1.807) is 0 Å². The van der Waals surface area contributed by atoms with Gasteiger partial charge in [-0.25, -0.2) is 0 Å². The van der Waals surface area contributed by atoms with Crippen LogP contribution in [-0.4, -0.2) is 4.57 Å². The molecule has 0 amide bonds. The molecular formula is C8H11NS. The van der Waals surface area contributed by atoms with Crippen LogP contribution in [-0.2, 0) is 6.54 Å². The first-order chi connectivity index (χ1) is 4.74. The molecule has 0 bridgehead atoms. The normalized spacial score (nSPS) is 9.80. The molecule has 0 aliphatic heterocycles. The van der Waals surface area contributed by atoms with E-state index in [4.69, 9.17) is 12.2 Å². The molecule has 1 heterocycles. The number of rotatable bonds is 1. The molecule has 0 aliphatic rings. The molecule has 10 heavy (non-hydrogen) atoms.